The average molecular weight is 304 g/mol. The molecule has 1 aliphatic heterocycles. The fraction of sp³-hybridized carbons (Fsp3) is 0.571. The largest absolute Gasteiger partial charge is 0.351 e. The molecule has 21 heavy (non-hydrogen) atoms. The van der Waals surface area contributed by atoms with Gasteiger partial charge in [-0.25, -0.2) is 0 Å². The summed E-state index contributed by atoms with van der Waals surface area (Å²) in [4.78, 5) is 4.41. The van der Waals surface area contributed by atoms with Gasteiger partial charge in [-0.15, -0.1) is 5.10 Å². The summed E-state index contributed by atoms with van der Waals surface area (Å²) in [5.74, 6) is 1.89. The molecule has 0 spiro atoms. The third-order valence-electron chi connectivity index (χ3n) is 3.86. The van der Waals surface area contributed by atoms with Crippen molar-refractivity contribution in [2.45, 2.75) is 32.2 Å². The molecule has 2 aromatic heterocycles. The lowest BCUT2D eigenvalue weighted by Gasteiger charge is -2.44. The summed E-state index contributed by atoms with van der Waals surface area (Å²) in [5.41, 5.74) is 1.06. The second-order valence-electron chi connectivity index (χ2n) is 6.46. The van der Waals surface area contributed by atoms with Crippen LogP contribution in [0.5, 0.6) is 0 Å². The summed E-state index contributed by atoms with van der Waals surface area (Å²) < 4.78 is 8.31. The first-order valence-electron chi connectivity index (χ1n) is 7.05. The molecule has 3 heterocycles. The van der Waals surface area contributed by atoms with E-state index in [0.717, 1.165) is 30.4 Å². The van der Waals surface area contributed by atoms with Crippen LogP contribution in [-0.4, -0.2) is 45.1 Å². The number of rotatable bonds is 3. The van der Waals surface area contributed by atoms with E-state index in [1.165, 1.54) is 11.7 Å². The van der Waals surface area contributed by atoms with Gasteiger partial charge < -0.3 is 9.80 Å². The summed E-state index contributed by atoms with van der Waals surface area (Å²) in [7, 11) is 2.06. The van der Waals surface area contributed by atoms with Crippen LogP contribution < -0.4 is 9.80 Å². The smallest absolute Gasteiger partial charge is 0.162 e. The van der Waals surface area contributed by atoms with Crippen molar-refractivity contribution in [2.24, 2.45) is 0 Å². The average Bonchev–Trinajstić information content (AvgIpc) is 2.90. The number of hydrogen-bond donors (Lipinski definition) is 0. The summed E-state index contributed by atoms with van der Waals surface area (Å²) in [6.45, 7) is 8.32. The van der Waals surface area contributed by atoms with Crippen LogP contribution in [0.25, 0.3) is 0 Å². The van der Waals surface area contributed by atoms with Gasteiger partial charge in [0.15, 0.2) is 11.6 Å². The van der Waals surface area contributed by atoms with E-state index in [4.69, 9.17) is 0 Å². The molecule has 3 rings (SSSR count). The van der Waals surface area contributed by atoms with Crippen LogP contribution in [0.2, 0.25) is 0 Å². The zero-order valence-corrected chi connectivity index (χ0v) is 13.6. The van der Waals surface area contributed by atoms with Crippen molar-refractivity contribution < 1.29 is 0 Å². The van der Waals surface area contributed by atoms with Gasteiger partial charge in [0.25, 0.3) is 0 Å². The highest BCUT2D eigenvalue weighted by atomic mass is 32.1. The minimum absolute atomic E-state index is 0.0425. The molecule has 0 N–H and O–H groups in total. The number of likely N-dealkylation sites (N-methyl/N-ethyl adjacent to an activating group) is 1. The highest BCUT2D eigenvalue weighted by molar-refractivity contribution is 6.99. The predicted molar refractivity (Wildman–Crippen MR) is 85.0 cm³/mol. The van der Waals surface area contributed by atoms with E-state index < -0.39 is 0 Å². The highest BCUT2D eigenvalue weighted by Crippen LogP contribution is 2.25. The molecule has 0 aromatic carbocycles. The van der Waals surface area contributed by atoms with Gasteiger partial charge in [-0.1, -0.05) is 20.8 Å². The first kappa shape index (κ1) is 14.2. The second-order valence-corrected chi connectivity index (χ2v) is 7.02. The van der Waals surface area contributed by atoms with Crippen LogP contribution in [0, 0.1) is 0 Å². The number of nitrogens with zero attached hydrogens (tertiary/aromatic N) is 6. The maximum absolute atomic E-state index is 4.36. The first-order valence-corrected chi connectivity index (χ1v) is 7.78. The molecule has 1 aliphatic rings. The van der Waals surface area contributed by atoms with Gasteiger partial charge in [-0.05, 0) is 12.1 Å². The maximum atomic E-state index is 4.36. The lowest BCUT2D eigenvalue weighted by Crippen LogP contribution is -2.59. The van der Waals surface area contributed by atoms with E-state index in [2.05, 4.69) is 68.7 Å². The van der Waals surface area contributed by atoms with E-state index in [1.807, 2.05) is 6.20 Å². The topological polar surface area (TPSA) is 58.0 Å². The predicted octanol–water partition coefficient (Wildman–Crippen LogP) is 1.95. The zero-order valence-electron chi connectivity index (χ0n) is 12.8. The van der Waals surface area contributed by atoms with Crippen molar-refractivity contribution in [3.8, 4) is 0 Å². The van der Waals surface area contributed by atoms with Gasteiger partial charge >= 0.3 is 0 Å². The molecule has 0 amide bonds. The SMILES string of the molecule is CN(c1cnsn1)C1CN(c2ccc(C(C)(C)C)nn2)C1. The van der Waals surface area contributed by atoms with Gasteiger partial charge in [0.1, 0.15) is 0 Å². The third kappa shape index (κ3) is 2.83. The summed E-state index contributed by atoms with van der Waals surface area (Å²) in [6, 6.07) is 4.59. The number of hydrogen-bond acceptors (Lipinski definition) is 7. The molecule has 1 fully saturated rings. The fourth-order valence-corrected chi connectivity index (χ4v) is 2.73. The summed E-state index contributed by atoms with van der Waals surface area (Å²) >= 11 is 1.24. The maximum Gasteiger partial charge on any atom is 0.162 e. The lowest BCUT2D eigenvalue weighted by molar-refractivity contribution is 0.486. The molecule has 2 aromatic rings. The van der Waals surface area contributed by atoms with Crippen LogP contribution in [0.1, 0.15) is 26.5 Å². The van der Waals surface area contributed by atoms with Crippen LogP contribution in [0.4, 0.5) is 11.6 Å². The van der Waals surface area contributed by atoms with Crippen molar-refractivity contribution in [2.75, 3.05) is 29.9 Å². The van der Waals surface area contributed by atoms with E-state index in [1.54, 1.807) is 0 Å². The Morgan fingerprint density at radius 3 is 2.52 bits per heavy atom. The molecule has 6 nitrogen and oxygen atoms in total. The third-order valence-corrected chi connectivity index (χ3v) is 4.33. The molecule has 0 radical (unpaired) electrons. The second kappa shape index (κ2) is 5.22. The zero-order chi connectivity index (χ0) is 15.0. The van der Waals surface area contributed by atoms with Crippen molar-refractivity contribution >= 4 is 23.4 Å². The summed E-state index contributed by atoms with van der Waals surface area (Å²) in [6.07, 6.45) is 1.81. The Morgan fingerprint density at radius 2 is 2.00 bits per heavy atom. The van der Waals surface area contributed by atoms with E-state index in [0.29, 0.717) is 6.04 Å². The van der Waals surface area contributed by atoms with E-state index >= 15 is 0 Å². The van der Waals surface area contributed by atoms with Crippen molar-refractivity contribution in [1.29, 1.82) is 0 Å². The van der Waals surface area contributed by atoms with Crippen LogP contribution in [0.15, 0.2) is 18.3 Å². The van der Waals surface area contributed by atoms with Crippen molar-refractivity contribution in [1.82, 2.24) is 18.9 Å². The quantitative estimate of drug-likeness (QED) is 0.864. The van der Waals surface area contributed by atoms with Gasteiger partial charge in [-0.3, -0.25) is 0 Å². The summed E-state index contributed by atoms with van der Waals surface area (Å²) in [5, 5.41) is 8.70. The van der Waals surface area contributed by atoms with Gasteiger partial charge in [0, 0.05) is 25.6 Å². The molecule has 112 valence electrons. The Morgan fingerprint density at radius 1 is 1.24 bits per heavy atom. The van der Waals surface area contributed by atoms with Crippen LogP contribution in [0.3, 0.4) is 0 Å². The molecule has 0 atom stereocenters. The van der Waals surface area contributed by atoms with Gasteiger partial charge in [0.05, 0.1) is 29.7 Å². The lowest BCUT2D eigenvalue weighted by atomic mass is 9.92. The van der Waals surface area contributed by atoms with Gasteiger partial charge in [-0.2, -0.15) is 13.8 Å². The normalized spacial score (nSPS) is 15.9. The Kier molecular flexibility index (Phi) is 3.52. The van der Waals surface area contributed by atoms with E-state index in [-0.39, 0.29) is 5.41 Å². The van der Waals surface area contributed by atoms with E-state index in [9.17, 15) is 0 Å². The van der Waals surface area contributed by atoms with Crippen LogP contribution in [-0.2, 0) is 5.41 Å². The Bertz CT molecular complexity index is 583. The molecule has 0 aliphatic carbocycles. The minimum atomic E-state index is 0.0425. The monoisotopic (exact) mass is 304 g/mol. The number of anilines is 2. The molecule has 0 bridgehead atoms. The molecule has 0 saturated carbocycles. The Hall–Kier alpha value is -1.76. The first-order chi connectivity index (χ1) is 9.95. The molecular formula is C14H20N6S. The minimum Gasteiger partial charge on any atom is -0.351 e. The fourth-order valence-electron chi connectivity index (χ4n) is 2.28. The molecule has 7 heteroatoms. The molecular weight excluding hydrogens is 284 g/mol. The number of aromatic nitrogens is 4. The van der Waals surface area contributed by atoms with Gasteiger partial charge in [0.2, 0.25) is 0 Å². The standard InChI is InChI=1S/C14H20N6S/c1-14(2,3)11-5-6-12(17-16-11)20-8-10(9-20)19(4)13-7-15-21-18-13/h5-7,10H,8-9H2,1-4H3. The van der Waals surface area contributed by atoms with Crippen LogP contribution >= 0.6 is 11.7 Å². The Balaban J connectivity index is 1.61. The Labute approximate surface area is 129 Å². The van der Waals surface area contributed by atoms with Crippen molar-refractivity contribution in [3.63, 3.8) is 0 Å². The van der Waals surface area contributed by atoms with Crippen molar-refractivity contribution in [3.05, 3.63) is 24.0 Å². The molecule has 0 unspecified atom stereocenters. The highest BCUT2D eigenvalue weighted by Gasteiger charge is 2.32. The molecule has 1 saturated heterocycles.